The molecule has 0 unspecified atom stereocenters. The summed E-state index contributed by atoms with van der Waals surface area (Å²) < 4.78 is 0. The summed E-state index contributed by atoms with van der Waals surface area (Å²) in [5, 5.41) is 37.8. The van der Waals surface area contributed by atoms with Crippen LogP contribution in [0.1, 0.15) is 39.0 Å². The van der Waals surface area contributed by atoms with Crippen LogP contribution in [0.15, 0.2) is 66.7 Å². The third kappa shape index (κ3) is 7.05. The van der Waals surface area contributed by atoms with Gasteiger partial charge in [-0.05, 0) is 55.2 Å². The van der Waals surface area contributed by atoms with Crippen LogP contribution >= 0.6 is 11.6 Å². The third-order valence-electron chi connectivity index (χ3n) is 7.46. The summed E-state index contributed by atoms with van der Waals surface area (Å²) >= 11 is 6.28. The minimum atomic E-state index is -1.72. The molecule has 1 saturated heterocycles. The number of phenolic OH excluding ortho intramolecular Hbond substituents is 1. The number of carbonyl (C=O) groups excluding carboxylic acids is 3. The van der Waals surface area contributed by atoms with Gasteiger partial charge in [-0.3, -0.25) is 14.4 Å². The fraction of sp³-hybridized carbons (Fsp3) is 0.323. The summed E-state index contributed by atoms with van der Waals surface area (Å²) in [7, 11) is 0. The molecule has 4 atom stereocenters. The third-order valence-corrected chi connectivity index (χ3v) is 7.81. The van der Waals surface area contributed by atoms with E-state index in [-0.39, 0.29) is 37.2 Å². The summed E-state index contributed by atoms with van der Waals surface area (Å²) in [4.78, 5) is 41.2. The number of halogens is 1. The number of aliphatic hydroxyl groups excluding tert-OH is 2. The Morgan fingerprint density at radius 2 is 1.73 bits per heavy atom. The number of aromatic hydroxyl groups is 1. The van der Waals surface area contributed by atoms with Crippen LogP contribution in [0, 0.1) is 13.8 Å². The molecule has 216 valence electrons. The number of nitrogens with one attached hydrogen (secondary N) is 2. The highest BCUT2D eigenvalue weighted by atomic mass is 35.5. The smallest absolute Gasteiger partial charge is 0.254 e. The summed E-state index contributed by atoms with van der Waals surface area (Å²) in [6.45, 7) is 3.46. The lowest BCUT2D eigenvalue weighted by molar-refractivity contribution is -0.146. The number of nitrogens with zero attached hydrogens (tertiary/aromatic N) is 1. The van der Waals surface area contributed by atoms with E-state index >= 15 is 0 Å². The summed E-state index contributed by atoms with van der Waals surface area (Å²) in [6.07, 6.45) is -2.55. The predicted octanol–water partition coefficient (Wildman–Crippen LogP) is 2.64. The zero-order chi connectivity index (χ0) is 29.7. The lowest BCUT2D eigenvalue weighted by Crippen LogP contribution is -2.55. The normalized spacial score (nSPS) is 18.0. The average Bonchev–Trinajstić information content (AvgIpc) is 3.35. The summed E-state index contributed by atoms with van der Waals surface area (Å²) in [5.74, 6) is -1.90. The molecule has 3 amide bonds. The first-order valence-electron chi connectivity index (χ1n) is 13.4. The quantitative estimate of drug-likeness (QED) is 0.264. The van der Waals surface area contributed by atoms with Gasteiger partial charge in [-0.25, -0.2) is 0 Å². The number of aliphatic hydroxyl groups is 2. The molecule has 3 aromatic carbocycles. The van der Waals surface area contributed by atoms with Gasteiger partial charge >= 0.3 is 0 Å². The molecule has 3 aromatic rings. The van der Waals surface area contributed by atoms with E-state index in [1.54, 1.807) is 25.1 Å². The minimum Gasteiger partial charge on any atom is -0.508 e. The molecule has 41 heavy (non-hydrogen) atoms. The minimum absolute atomic E-state index is 0.00396. The van der Waals surface area contributed by atoms with Gasteiger partial charge in [0.05, 0.1) is 12.1 Å². The zero-order valence-corrected chi connectivity index (χ0v) is 23.6. The average molecular weight is 580 g/mol. The zero-order valence-electron chi connectivity index (χ0n) is 22.9. The second-order valence-electron chi connectivity index (χ2n) is 10.3. The topological polar surface area (TPSA) is 139 Å². The molecule has 1 aliphatic rings. The van der Waals surface area contributed by atoms with Crippen molar-refractivity contribution in [1.29, 1.82) is 0 Å². The van der Waals surface area contributed by atoms with Gasteiger partial charge in [0.15, 0.2) is 6.10 Å². The molecule has 1 heterocycles. The number of likely N-dealkylation sites (tertiary alicyclic amines) is 1. The van der Waals surface area contributed by atoms with Gasteiger partial charge in [0.1, 0.15) is 11.8 Å². The predicted molar refractivity (Wildman–Crippen MR) is 154 cm³/mol. The van der Waals surface area contributed by atoms with Crippen molar-refractivity contribution < 1.29 is 29.7 Å². The van der Waals surface area contributed by atoms with Crippen molar-refractivity contribution in [3.8, 4) is 5.75 Å². The monoisotopic (exact) mass is 579 g/mol. The molecule has 0 spiro atoms. The lowest BCUT2D eigenvalue weighted by Gasteiger charge is -2.30. The summed E-state index contributed by atoms with van der Waals surface area (Å²) in [6, 6.07) is 16.9. The van der Waals surface area contributed by atoms with Crippen molar-refractivity contribution in [2.75, 3.05) is 6.54 Å². The van der Waals surface area contributed by atoms with Crippen LogP contribution < -0.4 is 10.6 Å². The molecular weight excluding hydrogens is 546 g/mol. The molecule has 0 aliphatic carbocycles. The van der Waals surface area contributed by atoms with E-state index in [2.05, 4.69) is 10.6 Å². The van der Waals surface area contributed by atoms with Crippen molar-refractivity contribution in [2.45, 2.75) is 57.5 Å². The van der Waals surface area contributed by atoms with Crippen LogP contribution in [-0.2, 0) is 22.6 Å². The number of aryl methyl sites for hydroxylation is 1. The maximum absolute atomic E-state index is 13.6. The second kappa shape index (κ2) is 13.2. The Bertz CT molecular complexity index is 1400. The Morgan fingerprint density at radius 1 is 1.02 bits per heavy atom. The molecule has 0 aromatic heterocycles. The number of benzene rings is 3. The SMILES string of the molecule is Cc1cccc(Cl)c1CNC(=O)[C@@H]1C[C@@H](O)CN1C(=O)[C@@H](O)[C@H](Cc1ccccc1)NC(=O)c1cccc(O)c1C. The van der Waals surface area contributed by atoms with Gasteiger partial charge < -0.3 is 30.9 Å². The number of hydrogen-bond acceptors (Lipinski definition) is 6. The van der Waals surface area contributed by atoms with E-state index in [0.717, 1.165) is 21.6 Å². The molecule has 1 fully saturated rings. The van der Waals surface area contributed by atoms with Crippen molar-refractivity contribution in [3.05, 3.63) is 99.6 Å². The van der Waals surface area contributed by atoms with Gasteiger partial charge in [0.2, 0.25) is 5.91 Å². The molecule has 0 saturated carbocycles. The Morgan fingerprint density at radius 3 is 2.44 bits per heavy atom. The van der Waals surface area contributed by atoms with Gasteiger partial charge in [0.25, 0.3) is 11.8 Å². The van der Waals surface area contributed by atoms with E-state index in [9.17, 15) is 29.7 Å². The highest BCUT2D eigenvalue weighted by Gasteiger charge is 2.43. The first kappa shape index (κ1) is 30.0. The molecule has 1 aliphatic heterocycles. The number of phenols is 1. The van der Waals surface area contributed by atoms with Crippen molar-refractivity contribution >= 4 is 29.3 Å². The fourth-order valence-electron chi connectivity index (χ4n) is 5.06. The van der Waals surface area contributed by atoms with Crippen LogP contribution in [0.25, 0.3) is 0 Å². The number of amides is 3. The van der Waals surface area contributed by atoms with Crippen LogP contribution in [0.4, 0.5) is 0 Å². The number of carbonyl (C=O) groups is 3. The molecule has 5 N–H and O–H groups in total. The van der Waals surface area contributed by atoms with E-state index in [1.165, 1.54) is 18.2 Å². The number of β-amino-alcohol motifs (C(OH)–C–C–N with tert-alkyl or cyclic N) is 1. The maximum atomic E-state index is 13.6. The van der Waals surface area contributed by atoms with Crippen LogP contribution in [0.2, 0.25) is 5.02 Å². The van der Waals surface area contributed by atoms with Crippen LogP contribution in [-0.4, -0.2) is 68.8 Å². The molecule has 4 rings (SSSR count). The van der Waals surface area contributed by atoms with E-state index < -0.39 is 42.0 Å². The number of rotatable bonds is 9. The van der Waals surface area contributed by atoms with Gasteiger partial charge in [0, 0.05) is 35.7 Å². The Hall–Kier alpha value is -3.92. The van der Waals surface area contributed by atoms with E-state index in [4.69, 9.17) is 11.6 Å². The highest BCUT2D eigenvalue weighted by Crippen LogP contribution is 2.24. The van der Waals surface area contributed by atoms with Gasteiger partial charge in [-0.15, -0.1) is 0 Å². The first-order valence-corrected chi connectivity index (χ1v) is 13.8. The summed E-state index contributed by atoms with van der Waals surface area (Å²) in [5.41, 5.74) is 2.97. The number of hydrogen-bond donors (Lipinski definition) is 5. The largest absolute Gasteiger partial charge is 0.508 e. The first-order chi connectivity index (χ1) is 19.6. The fourth-order valence-corrected chi connectivity index (χ4v) is 5.35. The Balaban J connectivity index is 1.53. The van der Waals surface area contributed by atoms with Gasteiger partial charge in [-0.2, -0.15) is 0 Å². The molecular formula is C31H34ClN3O6. The molecule has 10 heteroatoms. The second-order valence-corrected chi connectivity index (χ2v) is 10.7. The Kier molecular flexibility index (Phi) is 9.65. The maximum Gasteiger partial charge on any atom is 0.254 e. The van der Waals surface area contributed by atoms with E-state index in [1.807, 2.05) is 37.3 Å². The molecule has 9 nitrogen and oxygen atoms in total. The van der Waals surface area contributed by atoms with E-state index in [0.29, 0.717) is 10.6 Å². The molecule has 0 bridgehead atoms. The van der Waals surface area contributed by atoms with Gasteiger partial charge in [-0.1, -0.05) is 60.1 Å². The van der Waals surface area contributed by atoms with Crippen molar-refractivity contribution in [3.63, 3.8) is 0 Å². The standard InChI is InChI=1S/C31H34ClN3O6/c1-18-8-6-12-24(32)23(18)16-33-30(40)26-15-21(36)17-35(26)31(41)28(38)25(14-20-9-4-3-5-10-20)34-29(39)22-11-7-13-27(37)19(22)2/h3-13,21,25-26,28,36-38H,14-17H2,1-2H3,(H,33,40)(H,34,39)/t21-,25+,26+,28+/m1/s1. The van der Waals surface area contributed by atoms with Crippen LogP contribution in [0.3, 0.4) is 0 Å². The Labute approximate surface area is 243 Å². The van der Waals surface area contributed by atoms with Crippen molar-refractivity contribution in [1.82, 2.24) is 15.5 Å². The van der Waals surface area contributed by atoms with Crippen molar-refractivity contribution in [2.24, 2.45) is 0 Å². The van der Waals surface area contributed by atoms with Crippen LogP contribution in [0.5, 0.6) is 5.75 Å². The molecule has 0 radical (unpaired) electrons. The highest BCUT2D eigenvalue weighted by molar-refractivity contribution is 6.31. The lowest BCUT2D eigenvalue weighted by atomic mass is 9.98.